The quantitative estimate of drug-likeness (QED) is 0.629. The summed E-state index contributed by atoms with van der Waals surface area (Å²) in [6, 6.07) is -0.142. The van der Waals surface area contributed by atoms with Gasteiger partial charge in [0.1, 0.15) is 6.04 Å². The van der Waals surface area contributed by atoms with Gasteiger partial charge in [0, 0.05) is 19.7 Å². The first kappa shape index (κ1) is 11.5. The lowest BCUT2D eigenvalue weighted by Crippen LogP contribution is -2.41. The zero-order valence-corrected chi connectivity index (χ0v) is 8.99. The third kappa shape index (κ3) is 3.27. The van der Waals surface area contributed by atoms with Crippen molar-refractivity contribution in [1.29, 1.82) is 0 Å². The fourth-order valence-electron chi connectivity index (χ4n) is 1.56. The molecule has 1 atom stereocenters. The molecule has 4 nitrogen and oxygen atoms in total. The van der Waals surface area contributed by atoms with Crippen LogP contribution >= 0.6 is 0 Å². The van der Waals surface area contributed by atoms with E-state index in [9.17, 15) is 4.79 Å². The first-order valence-corrected chi connectivity index (χ1v) is 5.24. The number of esters is 1. The van der Waals surface area contributed by atoms with Crippen LogP contribution in [0.3, 0.4) is 0 Å². The number of carbonyl (C=O) groups excluding carboxylic acids is 1. The van der Waals surface area contributed by atoms with Crippen LogP contribution in [0.4, 0.5) is 0 Å². The Morgan fingerprint density at radius 1 is 1.50 bits per heavy atom. The van der Waals surface area contributed by atoms with Gasteiger partial charge in [-0.2, -0.15) is 0 Å². The third-order valence-electron chi connectivity index (χ3n) is 2.43. The smallest absolute Gasteiger partial charge is 0.323 e. The lowest BCUT2D eigenvalue weighted by atomic mass is 10.2. The normalized spacial score (nSPS) is 21.3. The van der Waals surface area contributed by atoms with E-state index in [1.54, 1.807) is 0 Å². The predicted molar refractivity (Wildman–Crippen MR) is 53.1 cm³/mol. The van der Waals surface area contributed by atoms with Crippen molar-refractivity contribution in [3.8, 4) is 0 Å². The van der Waals surface area contributed by atoms with Gasteiger partial charge in [0.2, 0.25) is 0 Å². The van der Waals surface area contributed by atoms with E-state index < -0.39 is 0 Å². The number of rotatable bonds is 3. The van der Waals surface area contributed by atoms with E-state index >= 15 is 0 Å². The summed E-state index contributed by atoms with van der Waals surface area (Å²) in [5.41, 5.74) is 0. The molecule has 0 aromatic carbocycles. The van der Waals surface area contributed by atoms with Crippen molar-refractivity contribution in [2.75, 3.05) is 32.9 Å². The Morgan fingerprint density at radius 3 is 3.00 bits per heavy atom. The Bertz CT molecular complexity index is 176. The Labute approximate surface area is 85.2 Å². The molecule has 0 amide bonds. The molecule has 0 spiro atoms. The lowest BCUT2D eigenvalue weighted by Gasteiger charge is -2.24. The number of hydrogen-bond acceptors (Lipinski definition) is 4. The summed E-state index contributed by atoms with van der Waals surface area (Å²) in [6.07, 6.45) is 0.990. The molecule has 4 heteroatoms. The van der Waals surface area contributed by atoms with Crippen LogP contribution in [-0.2, 0) is 14.3 Å². The molecule has 1 aliphatic heterocycles. The zero-order valence-electron chi connectivity index (χ0n) is 8.99. The largest absolute Gasteiger partial charge is 0.465 e. The van der Waals surface area contributed by atoms with Crippen molar-refractivity contribution in [3.63, 3.8) is 0 Å². The highest BCUT2D eigenvalue weighted by Gasteiger charge is 2.22. The van der Waals surface area contributed by atoms with Gasteiger partial charge in [-0.3, -0.25) is 9.69 Å². The maximum absolute atomic E-state index is 11.4. The third-order valence-corrected chi connectivity index (χ3v) is 2.43. The van der Waals surface area contributed by atoms with E-state index in [-0.39, 0.29) is 12.0 Å². The van der Waals surface area contributed by atoms with E-state index in [4.69, 9.17) is 9.47 Å². The molecule has 14 heavy (non-hydrogen) atoms. The van der Waals surface area contributed by atoms with Crippen molar-refractivity contribution in [2.45, 2.75) is 26.3 Å². The van der Waals surface area contributed by atoms with Gasteiger partial charge >= 0.3 is 5.97 Å². The van der Waals surface area contributed by atoms with Crippen LogP contribution in [0.2, 0.25) is 0 Å². The molecule has 1 aliphatic rings. The monoisotopic (exact) mass is 201 g/mol. The highest BCUT2D eigenvalue weighted by Crippen LogP contribution is 2.06. The van der Waals surface area contributed by atoms with Crippen LogP contribution in [0.25, 0.3) is 0 Å². The minimum atomic E-state index is -0.142. The summed E-state index contributed by atoms with van der Waals surface area (Å²) >= 11 is 0. The van der Waals surface area contributed by atoms with Crippen LogP contribution in [0, 0.1) is 0 Å². The number of nitrogens with zero attached hydrogens (tertiary/aromatic N) is 1. The predicted octanol–water partition coefficient (Wildman–Crippen LogP) is 0.660. The van der Waals surface area contributed by atoms with Gasteiger partial charge in [-0.15, -0.1) is 0 Å². The fraction of sp³-hybridized carbons (Fsp3) is 0.900. The molecule has 0 radical (unpaired) electrons. The van der Waals surface area contributed by atoms with Gasteiger partial charge in [-0.25, -0.2) is 0 Å². The topological polar surface area (TPSA) is 38.8 Å². The average molecular weight is 201 g/mol. The standard InChI is InChI=1S/C10H19NO3/c1-3-14-10(12)9(2)11-5-4-7-13-8-6-11/h9H,3-8H2,1-2H3. The molecule has 0 saturated carbocycles. The maximum atomic E-state index is 11.4. The van der Waals surface area contributed by atoms with Crippen molar-refractivity contribution in [2.24, 2.45) is 0 Å². The lowest BCUT2D eigenvalue weighted by molar-refractivity contribution is -0.148. The van der Waals surface area contributed by atoms with Crippen LogP contribution in [0.5, 0.6) is 0 Å². The second-order valence-electron chi connectivity index (χ2n) is 3.43. The minimum absolute atomic E-state index is 0.130. The van der Waals surface area contributed by atoms with Crippen LogP contribution in [0.1, 0.15) is 20.3 Å². The molecule has 1 rings (SSSR count). The summed E-state index contributed by atoms with van der Waals surface area (Å²) in [7, 11) is 0. The highest BCUT2D eigenvalue weighted by atomic mass is 16.5. The van der Waals surface area contributed by atoms with E-state index in [2.05, 4.69) is 4.90 Å². The summed E-state index contributed by atoms with van der Waals surface area (Å²) in [4.78, 5) is 13.6. The van der Waals surface area contributed by atoms with Gasteiger partial charge < -0.3 is 9.47 Å². The summed E-state index contributed by atoms with van der Waals surface area (Å²) in [5, 5.41) is 0. The van der Waals surface area contributed by atoms with Crippen LogP contribution < -0.4 is 0 Å². The summed E-state index contributed by atoms with van der Waals surface area (Å²) in [6.45, 7) is 7.42. The van der Waals surface area contributed by atoms with Crippen molar-refractivity contribution >= 4 is 5.97 Å². The second-order valence-corrected chi connectivity index (χ2v) is 3.43. The average Bonchev–Trinajstić information content (AvgIpc) is 2.45. The number of carbonyl (C=O) groups is 1. The second kappa shape index (κ2) is 5.98. The van der Waals surface area contributed by atoms with Crippen LogP contribution in [0.15, 0.2) is 0 Å². The van der Waals surface area contributed by atoms with Crippen molar-refractivity contribution in [1.82, 2.24) is 4.90 Å². The van der Waals surface area contributed by atoms with Crippen molar-refractivity contribution in [3.05, 3.63) is 0 Å². The van der Waals surface area contributed by atoms with Gasteiger partial charge in [0.25, 0.3) is 0 Å². The molecule has 1 unspecified atom stereocenters. The molecule has 0 aromatic heterocycles. The SMILES string of the molecule is CCOC(=O)C(C)N1CCCOCC1. The maximum Gasteiger partial charge on any atom is 0.323 e. The van der Waals surface area contributed by atoms with Crippen LogP contribution in [-0.4, -0.2) is 49.8 Å². The van der Waals surface area contributed by atoms with Gasteiger partial charge in [0.15, 0.2) is 0 Å². The van der Waals surface area contributed by atoms with Gasteiger partial charge in [0.05, 0.1) is 13.2 Å². The molecule has 0 N–H and O–H groups in total. The molecule has 1 fully saturated rings. The number of hydrogen-bond donors (Lipinski definition) is 0. The Balaban J connectivity index is 2.40. The van der Waals surface area contributed by atoms with E-state index in [0.717, 1.165) is 26.1 Å². The summed E-state index contributed by atoms with van der Waals surface area (Å²) < 4.78 is 10.3. The molecule has 1 saturated heterocycles. The molecule has 1 heterocycles. The Hall–Kier alpha value is -0.610. The van der Waals surface area contributed by atoms with E-state index in [0.29, 0.717) is 13.2 Å². The molecule has 0 bridgehead atoms. The van der Waals surface area contributed by atoms with E-state index in [1.165, 1.54) is 0 Å². The highest BCUT2D eigenvalue weighted by molar-refractivity contribution is 5.75. The van der Waals surface area contributed by atoms with E-state index in [1.807, 2.05) is 13.8 Å². The molecule has 0 aromatic rings. The first-order valence-electron chi connectivity index (χ1n) is 5.24. The first-order chi connectivity index (χ1) is 6.75. The summed E-state index contributed by atoms with van der Waals surface area (Å²) in [5.74, 6) is -0.130. The van der Waals surface area contributed by atoms with Gasteiger partial charge in [-0.1, -0.05) is 0 Å². The molecule has 82 valence electrons. The van der Waals surface area contributed by atoms with Gasteiger partial charge in [-0.05, 0) is 20.3 Å². The zero-order chi connectivity index (χ0) is 10.4. The van der Waals surface area contributed by atoms with Crippen molar-refractivity contribution < 1.29 is 14.3 Å². The number of ether oxygens (including phenoxy) is 2. The molecular weight excluding hydrogens is 182 g/mol. The Morgan fingerprint density at radius 2 is 2.29 bits per heavy atom. The Kier molecular flexibility index (Phi) is 4.90. The molecule has 0 aliphatic carbocycles. The fourth-order valence-corrected chi connectivity index (χ4v) is 1.56. The molecular formula is C10H19NO3. The minimum Gasteiger partial charge on any atom is -0.465 e.